The highest BCUT2D eigenvalue weighted by atomic mass is 32.2. The number of carbonyl (C=O) groups is 2. The summed E-state index contributed by atoms with van der Waals surface area (Å²) >= 11 is 0. The van der Waals surface area contributed by atoms with E-state index in [0.29, 0.717) is 5.92 Å². The van der Waals surface area contributed by atoms with E-state index in [-0.39, 0.29) is 42.6 Å². The number of carbonyl (C=O) groups excluding carboxylic acids is 1. The van der Waals surface area contributed by atoms with Crippen molar-refractivity contribution < 1.29 is 23.1 Å². The summed E-state index contributed by atoms with van der Waals surface area (Å²) in [6, 6.07) is 15.1. The molecule has 1 amide bonds. The normalized spacial score (nSPS) is 18.4. The molecule has 0 unspecified atom stereocenters. The number of carboxylic acids is 1. The molecule has 7 nitrogen and oxygen atoms in total. The Morgan fingerprint density at radius 3 is 2.29 bits per heavy atom. The zero-order chi connectivity index (χ0) is 23.9. The highest BCUT2D eigenvalue weighted by Crippen LogP contribution is 2.45. The Hall–Kier alpha value is -3.13. The minimum Gasteiger partial charge on any atom is -0.478 e. The molecule has 0 atom stereocenters. The van der Waals surface area contributed by atoms with Crippen molar-refractivity contribution in [3.63, 3.8) is 0 Å². The maximum Gasteiger partial charge on any atom is 0.335 e. The number of aromatic nitrogens is 1. The molecule has 178 valence electrons. The van der Waals surface area contributed by atoms with Crippen LogP contribution in [0.15, 0.2) is 48.5 Å². The molecule has 5 rings (SSSR count). The fourth-order valence-corrected chi connectivity index (χ4v) is 6.61. The molecule has 1 N–H and O–H groups in total. The van der Waals surface area contributed by atoms with Crippen LogP contribution in [0.25, 0.3) is 22.2 Å². The quantitative estimate of drug-likeness (QED) is 0.597. The third-order valence-corrected chi connectivity index (χ3v) is 8.76. The standard InChI is InChI=1S/C26H28N2O5S/c29-23(27-12-14-34(32,33)15-13-27)17-28-22-11-10-20(26(30)31)16-21(22)24(18-6-4-5-7-18)25(28)19-8-2-1-3-9-19/h1-3,8-11,16,18H,4-7,12-15,17H2,(H,30,31). The highest BCUT2D eigenvalue weighted by molar-refractivity contribution is 7.91. The van der Waals surface area contributed by atoms with Crippen molar-refractivity contribution in [2.24, 2.45) is 0 Å². The first kappa shape index (κ1) is 22.7. The summed E-state index contributed by atoms with van der Waals surface area (Å²) in [5.41, 5.74) is 4.14. The number of hydrogen-bond donors (Lipinski definition) is 1. The van der Waals surface area contributed by atoms with Crippen molar-refractivity contribution >= 4 is 32.6 Å². The van der Waals surface area contributed by atoms with Crippen LogP contribution in [0.5, 0.6) is 0 Å². The molecular formula is C26H28N2O5S. The first-order valence-electron chi connectivity index (χ1n) is 11.8. The lowest BCUT2D eigenvalue weighted by Crippen LogP contribution is -2.45. The predicted molar refractivity (Wildman–Crippen MR) is 131 cm³/mol. The Morgan fingerprint density at radius 2 is 1.65 bits per heavy atom. The maximum absolute atomic E-state index is 13.3. The molecule has 0 spiro atoms. The van der Waals surface area contributed by atoms with Gasteiger partial charge in [0.25, 0.3) is 0 Å². The molecule has 1 aliphatic carbocycles. The van der Waals surface area contributed by atoms with Gasteiger partial charge in [0.1, 0.15) is 6.54 Å². The van der Waals surface area contributed by atoms with Crippen molar-refractivity contribution in [3.05, 3.63) is 59.7 Å². The maximum atomic E-state index is 13.3. The number of aromatic carboxylic acids is 1. The van der Waals surface area contributed by atoms with Crippen molar-refractivity contribution in [2.45, 2.75) is 38.1 Å². The van der Waals surface area contributed by atoms with Crippen LogP contribution in [0, 0.1) is 0 Å². The molecule has 1 aliphatic heterocycles. The summed E-state index contributed by atoms with van der Waals surface area (Å²) in [5, 5.41) is 10.5. The zero-order valence-electron chi connectivity index (χ0n) is 18.9. The Kier molecular flexibility index (Phi) is 5.93. The molecular weight excluding hydrogens is 452 g/mol. The number of rotatable bonds is 5. The van der Waals surface area contributed by atoms with Gasteiger partial charge in [-0.05, 0) is 48.1 Å². The second-order valence-electron chi connectivity index (χ2n) is 9.27. The van der Waals surface area contributed by atoms with Gasteiger partial charge in [-0.15, -0.1) is 0 Å². The van der Waals surface area contributed by atoms with Crippen LogP contribution in [-0.2, 0) is 21.2 Å². The predicted octanol–water partition coefficient (Wildman–Crippen LogP) is 3.92. The minimum absolute atomic E-state index is 0.00793. The number of benzene rings is 2. The Labute approximate surface area is 198 Å². The summed E-state index contributed by atoms with van der Waals surface area (Å²) in [6.45, 7) is 0.499. The molecule has 1 saturated heterocycles. The van der Waals surface area contributed by atoms with Gasteiger partial charge >= 0.3 is 5.97 Å². The summed E-state index contributed by atoms with van der Waals surface area (Å²) in [4.78, 5) is 26.7. The van der Waals surface area contributed by atoms with E-state index in [1.165, 1.54) is 0 Å². The summed E-state index contributed by atoms with van der Waals surface area (Å²) in [5.74, 6) is -0.806. The van der Waals surface area contributed by atoms with Crippen LogP contribution in [0.3, 0.4) is 0 Å². The van der Waals surface area contributed by atoms with E-state index in [1.807, 2.05) is 34.9 Å². The van der Waals surface area contributed by atoms with Gasteiger partial charge in [0, 0.05) is 24.0 Å². The van der Waals surface area contributed by atoms with Crippen LogP contribution >= 0.6 is 0 Å². The fraction of sp³-hybridized carbons (Fsp3) is 0.385. The number of nitrogens with zero attached hydrogens (tertiary/aromatic N) is 2. The third-order valence-electron chi connectivity index (χ3n) is 7.15. The van der Waals surface area contributed by atoms with Gasteiger partial charge in [0.2, 0.25) is 5.91 Å². The summed E-state index contributed by atoms with van der Waals surface area (Å²) < 4.78 is 25.7. The van der Waals surface area contributed by atoms with Crippen molar-refractivity contribution in [1.29, 1.82) is 0 Å². The van der Waals surface area contributed by atoms with Gasteiger partial charge in [-0.2, -0.15) is 0 Å². The van der Waals surface area contributed by atoms with Crippen LogP contribution < -0.4 is 0 Å². The van der Waals surface area contributed by atoms with Crippen molar-refractivity contribution in [1.82, 2.24) is 9.47 Å². The Bertz CT molecular complexity index is 1340. The molecule has 2 aromatic carbocycles. The van der Waals surface area contributed by atoms with Gasteiger partial charge in [-0.25, -0.2) is 13.2 Å². The first-order valence-corrected chi connectivity index (χ1v) is 13.6. The fourth-order valence-electron chi connectivity index (χ4n) is 5.41. The molecule has 1 saturated carbocycles. The molecule has 2 aliphatic rings. The van der Waals surface area contributed by atoms with E-state index < -0.39 is 15.8 Å². The number of sulfone groups is 1. The Morgan fingerprint density at radius 1 is 0.971 bits per heavy atom. The van der Waals surface area contributed by atoms with Gasteiger partial charge in [0.15, 0.2) is 9.84 Å². The van der Waals surface area contributed by atoms with Gasteiger partial charge in [-0.1, -0.05) is 43.2 Å². The number of amides is 1. The summed E-state index contributed by atoms with van der Waals surface area (Å²) in [6.07, 6.45) is 4.33. The first-order chi connectivity index (χ1) is 16.3. The van der Waals surface area contributed by atoms with E-state index in [4.69, 9.17) is 0 Å². The summed E-state index contributed by atoms with van der Waals surface area (Å²) in [7, 11) is -3.08. The SMILES string of the molecule is O=C(O)c1ccc2c(c1)c(C1CCCC1)c(-c1ccccc1)n2CC(=O)N1CCS(=O)(=O)CC1. The van der Waals surface area contributed by atoms with E-state index >= 15 is 0 Å². The van der Waals surface area contributed by atoms with Gasteiger partial charge in [-0.3, -0.25) is 4.79 Å². The monoisotopic (exact) mass is 480 g/mol. The average molecular weight is 481 g/mol. The number of carboxylic acid groups (broad SMARTS) is 1. The second-order valence-corrected chi connectivity index (χ2v) is 11.6. The van der Waals surface area contributed by atoms with Crippen molar-refractivity contribution in [3.8, 4) is 11.3 Å². The minimum atomic E-state index is -3.08. The largest absolute Gasteiger partial charge is 0.478 e. The van der Waals surface area contributed by atoms with Crippen LogP contribution in [0.2, 0.25) is 0 Å². The zero-order valence-corrected chi connectivity index (χ0v) is 19.8. The Balaban J connectivity index is 1.66. The molecule has 1 aromatic heterocycles. The van der Waals surface area contributed by atoms with Crippen LogP contribution in [0.4, 0.5) is 0 Å². The van der Waals surface area contributed by atoms with E-state index in [1.54, 1.807) is 23.1 Å². The van der Waals surface area contributed by atoms with Crippen LogP contribution in [-0.4, -0.2) is 59.5 Å². The number of hydrogen-bond acceptors (Lipinski definition) is 4. The molecule has 8 heteroatoms. The molecule has 2 fully saturated rings. The lowest BCUT2D eigenvalue weighted by atomic mass is 9.91. The van der Waals surface area contributed by atoms with E-state index in [2.05, 4.69) is 0 Å². The van der Waals surface area contributed by atoms with Crippen LogP contribution in [0.1, 0.15) is 47.5 Å². The van der Waals surface area contributed by atoms with Gasteiger partial charge in [0.05, 0.1) is 22.8 Å². The van der Waals surface area contributed by atoms with E-state index in [9.17, 15) is 23.1 Å². The average Bonchev–Trinajstić information content (AvgIpc) is 3.45. The third kappa shape index (κ3) is 4.22. The smallest absolute Gasteiger partial charge is 0.335 e. The topological polar surface area (TPSA) is 96.7 Å². The van der Waals surface area contributed by atoms with Crippen molar-refractivity contribution in [2.75, 3.05) is 24.6 Å². The lowest BCUT2D eigenvalue weighted by molar-refractivity contribution is -0.131. The van der Waals surface area contributed by atoms with Gasteiger partial charge < -0.3 is 14.6 Å². The second kappa shape index (κ2) is 8.91. The highest BCUT2D eigenvalue weighted by Gasteiger charge is 2.30. The molecule has 0 bridgehead atoms. The number of fused-ring (bicyclic) bond motifs is 1. The molecule has 2 heterocycles. The molecule has 34 heavy (non-hydrogen) atoms. The molecule has 3 aromatic rings. The van der Waals surface area contributed by atoms with E-state index in [0.717, 1.165) is 53.4 Å². The lowest BCUT2D eigenvalue weighted by Gasteiger charge is -2.27. The molecule has 0 radical (unpaired) electrons.